The van der Waals surface area contributed by atoms with Gasteiger partial charge in [0.1, 0.15) is 0 Å². The maximum atomic E-state index is 13.3. The van der Waals surface area contributed by atoms with Crippen molar-refractivity contribution >= 4 is 53.3 Å². The molecule has 3 heteroatoms. The lowest BCUT2D eigenvalue weighted by molar-refractivity contribution is 1.16. The first-order valence-corrected chi connectivity index (χ1v) is 15.0. The second-order valence-electron chi connectivity index (χ2n) is 11.0. The molecule has 0 radical (unpaired) electrons. The monoisotopic (exact) mass is 557 g/mol. The highest BCUT2D eigenvalue weighted by Crippen LogP contribution is 2.39. The fraction of sp³-hybridized carbons (Fsp3) is 0.0513. The van der Waals surface area contributed by atoms with E-state index < -0.39 is 0 Å². The Balaban J connectivity index is 1.29. The lowest BCUT2D eigenvalue weighted by Gasteiger charge is -2.13. The van der Waals surface area contributed by atoms with E-state index in [9.17, 15) is 4.79 Å². The van der Waals surface area contributed by atoms with Gasteiger partial charge in [0.15, 0.2) is 5.43 Å². The molecule has 0 aliphatic carbocycles. The molecule has 8 aromatic rings. The molecule has 2 aromatic heterocycles. The van der Waals surface area contributed by atoms with Crippen molar-refractivity contribution in [3.63, 3.8) is 0 Å². The Labute approximate surface area is 247 Å². The number of nitrogens with zero attached hydrogens (tertiary/aromatic N) is 1. The van der Waals surface area contributed by atoms with Crippen LogP contribution >= 0.6 is 11.3 Å². The molecule has 0 aliphatic heterocycles. The maximum Gasteiger partial charge on any atom is 0.195 e. The molecule has 6 aromatic carbocycles. The van der Waals surface area contributed by atoms with Crippen LogP contribution in [0, 0.1) is 13.8 Å². The summed E-state index contributed by atoms with van der Waals surface area (Å²) in [6.07, 6.45) is 0. The van der Waals surface area contributed by atoms with E-state index in [-0.39, 0.29) is 5.43 Å². The van der Waals surface area contributed by atoms with Crippen LogP contribution in [0.25, 0.3) is 69.9 Å². The fourth-order valence-corrected chi connectivity index (χ4v) is 7.46. The number of rotatable bonds is 3. The van der Waals surface area contributed by atoms with Crippen LogP contribution in [-0.4, -0.2) is 4.57 Å². The molecule has 42 heavy (non-hydrogen) atoms. The maximum absolute atomic E-state index is 13.3. The molecule has 2 nitrogen and oxygen atoms in total. The largest absolute Gasteiger partial charge is 0.309 e. The molecule has 0 saturated heterocycles. The first-order chi connectivity index (χ1) is 20.6. The topological polar surface area (TPSA) is 22.0 Å². The minimum absolute atomic E-state index is 0.101. The molecule has 8 rings (SSSR count). The molecule has 0 spiro atoms. The number of hydrogen-bond acceptors (Lipinski definition) is 2. The molecule has 0 atom stereocenters. The van der Waals surface area contributed by atoms with Crippen molar-refractivity contribution in [1.29, 1.82) is 0 Å². The summed E-state index contributed by atoms with van der Waals surface area (Å²) >= 11 is 1.67. The van der Waals surface area contributed by atoms with Gasteiger partial charge in [0.25, 0.3) is 0 Å². The summed E-state index contributed by atoms with van der Waals surface area (Å²) in [5.41, 5.74) is 10.8. The van der Waals surface area contributed by atoms with Crippen molar-refractivity contribution in [2.24, 2.45) is 0 Å². The van der Waals surface area contributed by atoms with Gasteiger partial charge in [-0.3, -0.25) is 4.79 Å². The molecule has 0 unspecified atom stereocenters. The van der Waals surface area contributed by atoms with Crippen LogP contribution in [0.1, 0.15) is 11.1 Å². The summed E-state index contributed by atoms with van der Waals surface area (Å²) in [6, 6.07) is 44.7. The highest BCUT2D eigenvalue weighted by molar-refractivity contribution is 7.24. The summed E-state index contributed by atoms with van der Waals surface area (Å²) < 4.78 is 4.46. The Morgan fingerprint density at radius 3 is 1.95 bits per heavy atom. The first kappa shape index (κ1) is 24.8. The van der Waals surface area contributed by atoms with Crippen LogP contribution in [-0.2, 0) is 0 Å². The molecule has 200 valence electrons. The summed E-state index contributed by atoms with van der Waals surface area (Å²) in [4.78, 5) is 13.3. The SMILES string of the molecule is Cc1cccc2c3cc(-c4ccccc4)cc(C)c3n(-c3ccc(-c4ccc5sc6ccccc6c(=O)c5c4)cc3)c12. The van der Waals surface area contributed by atoms with Crippen molar-refractivity contribution in [3.8, 4) is 27.9 Å². The number of benzene rings is 6. The number of hydrogen-bond donors (Lipinski definition) is 0. The van der Waals surface area contributed by atoms with Gasteiger partial charge in [0.2, 0.25) is 0 Å². The standard InChI is InChI=1S/C39H27NOS/c1-24-9-8-13-31-33-23-29(26-10-4-3-5-11-26)21-25(2)38(33)40(37(24)31)30-18-15-27(16-19-30)28-17-20-36-34(22-28)39(41)32-12-6-7-14-35(32)42-36/h3-23H,1-2H3. The predicted octanol–water partition coefficient (Wildman–Crippen LogP) is 10.5. The zero-order chi connectivity index (χ0) is 28.4. The molecule has 0 amide bonds. The van der Waals surface area contributed by atoms with E-state index in [1.165, 1.54) is 44.1 Å². The number of aromatic nitrogens is 1. The van der Waals surface area contributed by atoms with E-state index >= 15 is 0 Å². The van der Waals surface area contributed by atoms with Gasteiger partial charge in [-0.25, -0.2) is 0 Å². The smallest absolute Gasteiger partial charge is 0.195 e. The summed E-state index contributed by atoms with van der Waals surface area (Å²) in [7, 11) is 0. The average molecular weight is 558 g/mol. The summed E-state index contributed by atoms with van der Waals surface area (Å²) in [5, 5.41) is 4.10. The van der Waals surface area contributed by atoms with Crippen LogP contribution < -0.4 is 5.43 Å². The van der Waals surface area contributed by atoms with Gasteiger partial charge < -0.3 is 4.57 Å². The summed E-state index contributed by atoms with van der Waals surface area (Å²) in [5.74, 6) is 0. The van der Waals surface area contributed by atoms with Crippen molar-refractivity contribution in [1.82, 2.24) is 4.57 Å². The fourth-order valence-electron chi connectivity index (χ4n) is 6.41. The van der Waals surface area contributed by atoms with E-state index in [4.69, 9.17) is 0 Å². The van der Waals surface area contributed by atoms with E-state index in [0.717, 1.165) is 37.0 Å². The molecule has 0 fully saturated rings. The number of aryl methyl sites for hydroxylation is 2. The van der Waals surface area contributed by atoms with Crippen LogP contribution in [0.4, 0.5) is 0 Å². The lowest BCUT2D eigenvalue weighted by Crippen LogP contribution is -2.01. The molecular formula is C39H27NOS. The van der Waals surface area contributed by atoms with Crippen molar-refractivity contribution in [2.75, 3.05) is 0 Å². The number of para-hydroxylation sites is 1. The molecule has 0 N–H and O–H groups in total. The van der Waals surface area contributed by atoms with Gasteiger partial charge >= 0.3 is 0 Å². The number of fused-ring (bicyclic) bond motifs is 5. The van der Waals surface area contributed by atoms with Gasteiger partial charge in [-0.05, 0) is 95.8 Å². The minimum Gasteiger partial charge on any atom is -0.309 e. The zero-order valence-electron chi connectivity index (χ0n) is 23.4. The highest BCUT2D eigenvalue weighted by atomic mass is 32.1. The highest BCUT2D eigenvalue weighted by Gasteiger charge is 2.17. The molecule has 0 bridgehead atoms. The van der Waals surface area contributed by atoms with Crippen molar-refractivity contribution in [2.45, 2.75) is 13.8 Å². The normalized spacial score (nSPS) is 11.7. The second kappa shape index (κ2) is 9.54. The Morgan fingerprint density at radius 1 is 0.476 bits per heavy atom. The van der Waals surface area contributed by atoms with Gasteiger partial charge in [-0.1, -0.05) is 78.9 Å². The molecule has 0 saturated carbocycles. The van der Waals surface area contributed by atoms with Gasteiger partial charge in [0, 0.05) is 36.6 Å². The van der Waals surface area contributed by atoms with Crippen molar-refractivity contribution < 1.29 is 0 Å². The van der Waals surface area contributed by atoms with E-state index in [2.05, 4.69) is 122 Å². The Kier molecular flexibility index (Phi) is 5.63. The average Bonchev–Trinajstić information content (AvgIpc) is 3.38. The zero-order valence-corrected chi connectivity index (χ0v) is 24.2. The summed E-state index contributed by atoms with van der Waals surface area (Å²) in [6.45, 7) is 4.41. The third-order valence-electron chi connectivity index (χ3n) is 8.42. The molecular weight excluding hydrogens is 531 g/mol. The second-order valence-corrected chi connectivity index (χ2v) is 12.1. The van der Waals surface area contributed by atoms with E-state index in [1.807, 2.05) is 24.3 Å². The van der Waals surface area contributed by atoms with Crippen molar-refractivity contribution in [3.05, 3.63) is 149 Å². The Bertz CT molecular complexity index is 2380. The van der Waals surface area contributed by atoms with Gasteiger partial charge in [-0.15, -0.1) is 11.3 Å². The third-order valence-corrected chi connectivity index (χ3v) is 9.57. The Morgan fingerprint density at radius 2 is 1.12 bits per heavy atom. The van der Waals surface area contributed by atoms with Crippen LogP contribution in [0.15, 0.2) is 132 Å². The molecule has 2 heterocycles. The van der Waals surface area contributed by atoms with Crippen LogP contribution in [0.5, 0.6) is 0 Å². The Hall–Kier alpha value is -4.99. The quantitative estimate of drug-likeness (QED) is 0.198. The lowest BCUT2D eigenvalue weighted by atomic mass is 9.99. The van der Waals surface area contributed by atoms with E-state index in [0.29, 0.717) is 0 Å². The van der Waals surface area contributed by atoms with E-state index in [1.54, 1.807) is 11.3 Å². The van der Waals surface area contributed by atoms with Gasteiger partial charge in [-0.2, -0.15) is 0 Å². The molecule has 0 aliphatic rings. The third kappa shape index (κ3) is 3.82. The van der Waals surface area contributed by atoms with Crippen LogP contribution in [0.2, 0.25) is 0 Å². The first-order valence-electron chi connectivity index (χ1n) is 14.2. The minimum atomic E-state index is 0.101. The predicted molar refractivity (Wildman–Crippen MR) is 180 cm³/mol. The van der Waals surface area contributed by atoms with Crippen LogP contribution in [0.3, 0.4) is 0 Å². The van der Waals surface area contributed by atoms with Gasteiger partial charge in [0.05, 0.1) is 11.0 Å².